The van der Waals surface area contributed by atoms with E-state index >= 15 is 0 Å². The number of para-hydroxylation sites is 1. The number of carbonyl (C=O) groups is 1. The van der Waals surface area contributed by atoms with Crippen molar-refractivity contribution in [3.05, 3.63) is 72.2 Å². The van der Waals surface area contributed by atoms with Gasteiger partial charge in [-0.1, -0.05) is 24.3 Å². The van der Waals surface area contributed by atoms with E-state index in [2.05, 4.69) is 15.0 Å². The molecular weight excluding hydrogens is 472 g/mol. The molecule has 1 aliphatic rings. The maximum Gasteiger partial charge on any atom is 0.274 e. The molecule has 34 heavy (non-hydrogen) atoms. The highest BCUT2D eigenvalue weighted by Gasteiger charge is 2.33. The Balaban J connectivity index is 1.37. The largest absolute Gasteiger partial charge is 0.335 e. The number of carbonyl (C=O) groups excluding carboxylic acids is 1. The van der Waals surface area contributed by atoms with E-state index in [9.17, 15) is 18.5 Å². The van der Waals surface area contributed by atoms with Crippen LogP contribution in [-0.4, -0.2) is 64.7 Å². The maximum atomic E-state index is 13.3. The van der Waals surface area contributed by atoms with Crippen molar-refractivity contribution in [1.82, 2.24) is 24.2 Å². The van der Waals surface area contributed by atoms with Crippen LogP contribution in [0.3, 0.4) is 0 Å². The highest BCUT2D eigenvalue weighted by molar-refractivity contribution is 7.89. The summed E-state index contributed by atoms with van der Waals surface area (Å²) in [7, 11) is -3.85. The van der Waals surface area contributed by atoms with Gasteiger partial charge in [-0.15, -0.1) is 11.3 Å². The van der Waals surface area contributed by atoms with Crippen LogP contribution in [0, 0.1) is 11.3 Å². The molecule has 3 heterocycles. The summed E-state index contributed by atoms with van der Waals surface area (Å²) in [6.45, 7) is 0.625. The van der Waals surface area contributed by atoms with Crippen molar-refractivity contribution in [2.45, 2.75) is 4.90 Å². The van der Waals surface area contributed by atoms with Gasteiger partial charge in [0.1, 0.15) is 16.8 Å². The quantitative estimate of drug-likeness (QED) is 0.431. The van der Waals surface area contributed by atoms with Gasteiger partial charge in [-0.2, -0.15) is 9.57 Å². The summed E-state index contributed by atoms with van der Waals surface area (Å²) >= 11 is 1.44. The molecule has 4 aromatic rings. The van der Waals surface area contributed by atoms with Crippen LogP contribution in [0.2, 0.25) is 0 Å². The van der Waals surface area contributed by atoms with Gasteiger partial charge in [0.25, 0.3) is 5.91 Å². The number of amides is 1. The number of rotatable bonds is 4. The predicted octanol–water partition coefficient (Wildman–Crippen LogP) is 2.77. The van der Waals surface area contributed by atoms with E-state index in [1.54, 1.807) is 17.0 Å². The fourth-order valence-electron chi connectivity index (χ4n) is 3.83. The zero-order chi connectivity index (χ0) is 23.7. The summed E-state index contributed by atoms with van der Waals surface area (Å²) in [5.41, 5.74) is 1.52. The predicted molar refractivity (Wildman–Crippen MR) is 126 cm³/mol. The summed E-state index contributed by atoms with van der Waals surface area (Å²) in [6, 6.07) is 15.7. The zero-order valence-corrected chi connectivity index (χ0v) is 19.5. The summed E-state index contributed by atoms with van der Waals surface area (Å²) < 4.78 is 28.4. The molecule has 0 spiro atoms. The van der Waals surface area contributed by atoms with E-state index in [0.717, 1.165) is 10.2 Å². The lowest BCUT2D eigenvalue weighted by atomic mass is 10.2. The Morgan fingerprint density at radius 2 is 1.68 bits per heavy atom. The molecule has 1 aliphatic heterocycles. The minimum atomic E-state index is -3.85. The molecule has 11 heteroatoms. The number of aromatic nitrogens is 3. The van der Waals surface area contributed by atoms with Gasteiger partial charge in [-0.05, 0) is 24.3 Å². The van der Waals surface area contributed by atoms with Crippen LogP contribution in [0.4, 0.5) is 0 Å². The molecule has 1 fully saturated rings. The van der Waals surface area contributed by atoms with Crippen LogP contribution in [0.25, 0.3) is 20.9 Å². The van der Waals surface area contributed by atoms with Gasteiger partial charge in [0.05, 0.1) is 20.7 Å². The van der Waals surface area contributed by atoms with E-state index in [-0.39, 0.29) is 48.2 Å². The Labute approximate surface area is 200 Å². The topological polar surface area (TPSA) is 120 Å². The van der Waals surface area contributed by atoms with Gasteiger partial charge in [-0.3, -0.25) is 4.79 Å². The van der Waals surface area contributed by atoms with E-state index in [1.165, 1.54) is 40.2 Å². The van der Waals surface area contributed by atoms with Crippen LogP contribution in [-0.2, 0) is 10.0 Å². The second-order valence-corrected chi connectivity index (χ2v) is 10.5. The molecular formula is C23H18N6O3S2. The summed E-state index contributed by atoms with van der Waals surface area (Å²) in [5.74, 6) is -0.322. The van der Waals surface area contributed by atoms with Crippen LogP contribution in [0.1, 0.15) is 16.1 Å². The van der Waals surface area contributed by atoms with Gasteiger partial charge < -0.3 is 4.90 Å². The van der Waals surface area contributed by atoms with Crippen LogP contribution < -0.4 is 0 Å². The molecule has 0 N–H and O–H groups in total. The Hall–Kier alpha value is -3.72. The lowest BCUT2D eigenvalue weighted by molar-refractivity contribution is 0.0692. The Morgan fingerprint density at radius 1 is 0.971 bits per heavy atom. The molecule has 2 aromatic heterocycles. The lowest BCUT2D eigenvalue weighted by Gasteiger charge is -2.34. The highest BCUT2D eigenvalue weighted by atomic mass is 32.2. The fraction of sp³-hybridized carbons (Fsp3) is 0.174. The average molecular weight is 491 g/mol. The standard InChI is InChI=1S/C23H18N6O3S2/c24-15-16-5-1-4-8-19(16)34(31,32)29-13-11-28(12-14-29)23(30)21-20(25-9-10-26-21)22-27-17-6-2-3-7-18(17)33-22/h1-10H,11-14H2. The molecule has 170 valence electrons. The lowest BCUT2D eigenvalue weighted by Crippen LogP contribution is -2.50. The first-order valence-corrected chi connectivity index (χ1v) is 12.7. The van der Waals surface area contributed by atoms with Crippen molar-refractivity contribution in [3.8, 4) is 16.8 Å². The zero-order valence-electron chi connectivity index (χ0n) is 17.8. The number of nitrogens with zero attached hydrogens (tertiary/aromatic N) is 6. The van der Waals surface area contributed by atoms with Crippen molar-refractivity contribution >= 4 is 37.5 Å². The molecule has 0 aliphatic carbocycles. The van der Waals surface area contributed by atoms with Crippen molar-refractivity contribution < 1.29 is 13.2 Å². The van der Waals surface area contributed by atoms with Crippen LogP contribution in [0.5, 0.6) is 0 Å². The van der Waals surface area contributed by atoms with Crippen molar-refractivity contribution in [3.63, 3.8) is 0 Å². The van der Waals surface area contributed by atoms with Crippen LogP contribution >= 0.6 is 11.3 Å². The van der Waals surface area contributed by atoms with Crippen molar-refractivity contribution in [1.29, 1.82) is 5.26 Å². The van der Waals surface area contributed by atoms with Gasteiger partial charge in [-0.25, -0.2) is 23.4 Å². The number of hydrogen-bond acceptors (Lipinski definition) is 8. The summed E-state index contributed by atoms with van der Waals surface area (Å²) in [5, 5.41) is 9.89. The average Bonchev–Trinajstić information content (AvgIpc) is 3.32. The van der Waals surface area contributed by atoms with Gasteiger partial charge >= 0.3 is 0 Å². The minimum Gasteiger partial charge on any atom is -0.335 e. The van der Waals surface area contributed by atoms with Crippen molar-refractivity contribution in [2.24, 2.45) is 0 Å². The molecule has 9 nitrogen and oxygen atoms in total. The highest BCUT2D eigenvalue weighted by Crippen LogP contribution is 2.30. The normalized spacial score (nSPS) is 14.7. The first-order chi connectivity index (χ1) is 16.5. The molecule has 0 bridgehead atoms. The first-order valence-electron chi connectivity index (χ1n) is 10.4. The molecule has 0 saturated carbocycles. The van der Waals surface area contributed by atoms with E-state index in [0.29, 0.717) is 10.7 Å². The molecule has 1 amide bonds. The second kappa shape index (κ2) is 8.90. The SMILES string of the molecule is N#Cc1ccccc1S(=O)(=O)N1CCN(C(=O)c2nccnc2-c2nc3ccccc3s2)CC1. The number of nitriles is 1. The molecule has 0 radical (unpaired) electrons. The molecule has 5 rings (SSSR count). The third-order valence-electron chi connectivity index (χ3n) is 5.55. The van der Waals surface area contributed by atoms with Gasteiger partial charge in [0.15, 0.2) is 5.69 Å². The number of sulfonamides is 1. The van der Waals surface area contributed by atoms with Gasteiger partial charge in [0.2, 0.25) is 10.0 Å². The Morgan fingerprint density at radius 3 is 2.44 bits per heavy atom. The minimum absolute atomic E-state index is 0.0238. The summed E-state index contributed by atoms with van der Waals surface area (Å²) in [4.78, 5) is 28.1. The Bertz CT molecular complexity index is 1500. The number of piperazine rings is 1. The van der Waals surface area contributed by atoms with Gasteiger partial charge in [0, 0.05) is 38.6 Å². The smallest absolute Gasteiger partial charge is 0.274 e. The third-order valence-corrected chi connectivity index (χ3v) is 8.55. The number of hydrogen-bond donors (Lipinski definition) is 0. The van der Waals surface area contributed by atoms with E-state index < -0.39 is 10.0 Å². The third kappa shape index (κ3) is 3.92. The van der Waals surface area contributed by atoms with E-state index in [4.69, 9.17) is 0 Å². The second-order valence-electron chi connectivity index (χ2n) is 7.54. The van der Waals surface area contributed by atoms with Crippen LogP contribution in [0.15, 0.2) is 65.8 Å². The van der Waals surface area contributed by atoms with Crippen molar-refractivity contribution in [2.75, 3.05) is 26.2 Å². The molecule has 0 atom stereocenters. The first kappa shape index (κ1) is 22.1. The monoisotopic (exact) mass is 490 g/mol. The summed E-state index contributed by atoms with van der Waals surface area (Å²) in [6.07, 6.45) is 2.99. The maximum absolute atomic E-state index is 13.3. The molecule has 0 unspecified atom stereocenters. The number of thiazole rings is 1. The van der Waals surface area contributed by atoms with E-state index in [1.807, 2.05) is 30.3 Å². The molecule has 1 saturated heterocycles. The fourth-order valence-corrected chi connectivity index (χ4v) is 6.36. The molecule has 2 aromatic carbocycles. The number of benzene rings is 2. The number of fused-ring (bicyclic) bond motifs is 1. The Kier molecular flexibility index (Phi) is 5.79.